The third kappa shape index (κ3) is 3.35. The van der Waals surface area contributed by atoms with E-state index in [9.17, 15) is 9.18 Å². The van der Waals surface area contributed by atoms with E-state index in [0.29, 0.717) is 16.7 Å². The number of urea groups is 1. The van der Waals surface area contributed by atoms with Gasteiger partial charge in [-0.3, -0.25) is 0 Å². The lowest BCUT2D eigenvalue weighted by molar-refractivity contribution is -0.0727. The van der Waals surface area contributed by atoms with Gasteiger partial charge in [0.15, 0.2) is 0 Å². The van der Waals surface area contributed by atoms with Crippen molar-refractivity contribution < 1.29 is 9.18 Å². The fourth-order valence-electron chi connectivity index (χ4n) is 6.42. The molecule has 1 aromatic rings. The number of benzene rings is 1. The van der Waals surface area contributed by atoms with Crippen LogP contribution in [0.5, 0.6) is 0 Å². The van der Waals surface area contributed by atoms with Crippen LogP contribution < -0.4 is 10.6 Å². The Morgan fingerprint density at radius 2 is 1.81 bits per heavy atom. The van der Waals surface area contributed by atoms with Gasteiger partial charge in [0.2, 0.25) is 0 Å². The van der Waals surface area contributed by atoms with Gasteiger partial charge in [-0.15, -0.1) is 0 Å². The predicted molar refractivity (Wildman–Crippen MR) is 103 cm³/mol. The van der Waals surface area contributed by atoms with Crippen LogP contribution >= 0.6 is 0 Å². The summed E-state index contributed by atoms with van der Waals surface area (Å²) in [5.74, 6) is 2.33. The lowest BCUT2D eigenvalue weighted by atomic mass is 9.47. The van der Waals surface area contributed by atoms with E-state index in [2.05, 4.69) is 17.6 Å². The molecule has 0 unspecified atom stereocenters. The minimum absolute atomic E-state index is 0.192. The number of halogens is 1. The van der Waals surface area contributed by atoms with Crippen LogP contribution in [0.3, 0.4) is 0 Å². The first-order chi connectivity index (χ1) is 12.5. The zero-order valence-electron chi connectivity index (χ0n) is 16.0. The molecular weight excluding hydrogens is 327 g/mol. The topological polar surface area (TPSA) is 41.1 Å². The van der Waals surface area contributed by atoms with Crippen molar-refractivity contribution >= 4 is 11.7 Å². The Balaban J connectivity index is 1.46. The SMILES string of the molecule is CCC[C@@H](NC(=O)Nc1ccc(C)c(F)c1)C12CC3CC(CC(C3)C1)C2. The number of carbonyl (C=O) groups is 1. The van der Waals surface area contributed by atoms with Crippen LogP contribution in [0.15, 0.2) is 18.2 Å². The van der Waals surface area contributed by atoms with Gasteiger partial charge < -0.3 is 10.6 Å². The van der Waals surface area contributed by atoms with Gasteiger partial charge in [-0.05, 0) is 92.7 Å². The minimum Gasteiger partial charge on any atom is -0.335 e. The molecule has 0 heterocycles. The van der Waals surface area contributed by atoms with Gasteiger partial charge in [-0.1, -0.05) is 19.4 Å². The maximum Gasteiger partial charge on any atom is 0.319 e. The number of carbonyl (C=O) groups excluding carboxylic acids is 1. The van der Waals surface area contributed by atoms with Crippen molar-refractivity contribution in [2.75, 3.05) is 5.32 Å². The molecule has 0 aliphatic heterocycles. The number of aryl methyl sites for hydroxylation is 1. The number of hydrogen-bond donors (Lipinski definition) is 2. The quantitative estimate of drug-likeness (QED) is 0.702. The normalized spacial score (nSPS) is 33.1. The predicted octanol–water partition coefficient (Wildman–Crippen LogP) is 5.64. The van der Waals surface area contributed by atoms with Gasteiger partial charge in [0.1, 0.15) is 5.82 Å². The van der Waals surface area contributed by atoms with Gasteiger partial charge in [0.05, 0.1) is 0 Å². The number of amides is 2. The first-order valence-electron chi connectivity index (χ1n) is 10.3. The molecule has 4 saturated carbocycles. The van der Waals surface area contributed by atoms with Crippen LogP contribution in [-0.2, 0) is 0 Å². The largest absolute Gasteiger partial charge is 0.335 e. The van der Waals surface area contributed by atoms with E-state index < -0.39 is 0 Å². The summed E-state index contributed by atoms with van der Waals surface area (Å²) in [6.07, 6.45) is 10.2. The lowest BCUT2D eigenvalue weighted by Crippen LogP contribution is -2.57. The van der Waals surface area contributed by atoms with Gasteiger partial charge in [0, 0.05) is 11.7 Å². The second-order valence-electron chi connectivity index (χ2n) is 9.18. The number of anilines is 1. The van der Waals surface area contributed by atoms with E-state index in [1.54, 1.807) is 19.1 Å². The van der Waals surface area contributed by atoms with Gasteiger partial charge in [0.25, 0.3) is 0 Å². The number of rotatable bonds is 5. The van der Waals surface area contributed by atoms with Crippen molar-refractivity contribution in [2.45, 2.75) is 71.3 Å². The van der Waals surface area contributed by atoms with Crippen LogP contribution in [0.1, 0.15) is 63.9 Å². The van der Waals surface area contributed by atoms with E-state index in [4.69, 9.17) is 0 Å². The molecule has 4 bridgehead atoms. The highest BCUT2D eigenvalue weighted by Gasteiger charge is 2.54. The fraction of sp³-hybridized carbons (Fsp3) is 0.682. The van der Waals surface area contributed by atoms with Crippen molar-refractivity contribution in [3.05, 3.63) is 29.6 Å². The molecule has 1 atom stereocenters. The van der Waals surface area contributed by atoms with E-state index >= 15 is 0 Å². The second-order valence-corrected chi connectivity index (χ2v) is 9.18. The van der Waals surface area contributed by atoms with E-state index in [1.807, 2.05) is 0 Å². The smallest absolute Gasteiger partial charge is 0.319 e. The van der Waals surface area contributed by atoms with Gasteiger partial charge in [-0.25, -0.2) is 9.18 Å². The molecule has 142 valence electrons. The Hall–Kier alpha value is -1.58. The summed E-state index contributed by atoms with van der Waals surface area (Å²) in [7, 11) is 0. The first kappa shape index (κ1) is 17.8. The minimum atomic E-state index is -0.283. The monoisotopic (exact) mass is 358 g/mol. The molecule has 4 aliphatic rings. The summed E-state index contributed by atoms with van der Waals surface area (Å²) in [5.41, 5.74) is 1.40. The highest BCUT2D eigenvalue weighted by molar-refractivity contribution is 5.89. The maximum absolute atomic E-state index is 13.7. The fourth-order valence-corrected chi connectivity index (χ4v) is 6.42. The van der Waals surface area contributed by atoms with Crippen LogP contribution in [0.25, 0.3) is 0 Å². The van der Waals surface area contributed by atoms with Crippen LogP contribution in [0, 0.1) is 35.9 Å². The molecule has 0 saturated heterocycles. The Labute approximate surface area is 156 Å². The zero-order chi connectivity index (χ0) is 18.3. The Kier molecular flexibility index (Phi) is 4.70. The molecule has 2 amide bonds. The summed E-state index contributed by atoms with van der Waals surface area (Å²) < 4.78 is 13.7. The van der Waals surface area contributed by atoms with Crippen molar-refractivity contribution in [2.24, 2.45) is 23.2 Å². The molecule has 5 rings (SSSR count). The van der Waals surface area contributed by atoms with Crippen molar-refractivity contribution in [1.82, 2.24) is 5.32 Å². The lowest BCUT2D eigenvalue weighted by Gasteiger charge is -2.59. The molecule has 1 aromatic carbocycles. The molecule has 26 heavy (non-hydrogen) atoms. The average molecular weight is 359 g/mol. The summed E-state index contributed by atoms with van der Waals surface area (Å²) >= 11 is 0. The summed E-state index contributed by atoms with van der Waals surface area (Å²) in [5, 5.41) is 6.13. The molecule has 0 spiro atoms. The first-order valence-corrected chi connectivity index (χ1v) is 10.3. The molecule has 4 fully saturated rings. The third-order valence-corrected chi connectivity index (χ3v) is 7.14. The third-order valence-electron chi connectivity index (χ3n) is 7.14. The average Bonchev–Trinajstić information content (AvgIpc) is 2.56. The van der Waals surface area contributed by atoms with Gasteiger partial charge >= 0.3 is 6.03 Å². The van der Waals surface area contributed by atoms with Crippen molar-refractivity contribution in [1.29, 1.82) is 0 Å². The standard InChI is InChI=1S/C22H31FN2O/c1-3-4-20(22-11-15-7-16(12-22)9-17(8-15)13-22)25-21(26)24-18-6-5-14(2)19(23)10-18/h5-6,10,15-17,20H,3-4,7-9,11-13H2,1-2H3,(H2,24,25,26)/t15?,16?,17?,20-,22?/m1/s1. The second kappa shape index (κ2) is 6.86. The van der Waals surface area contributed by atoms with Crippen LogP contribution in [-0.4, -0.2) is 12.1 Å². The molecule has 0 radical (unpaired) electrons. The molecule has 3 nitrogen and oxygen atoms in total. The highest BCUT2D eigenvalue weighted by atomic mass is 19.1. The van der Waals surface area contributed by atoms with Gasteiger partial charge in [-0.2, -0.15) is 0 Å². The number of hydrogen-bond acceptors (Lipinski definition) is 1. The summed E-state index contributed by atoms with van der Waals surface area (Å²) in [6.45, 7) is 3.92. The van der Waals surface area contributed by atoms with Crippen LogP contribution in [0.2, 0.25) is 0 Å². The molecule has 4 heteroatoms. The van der Waals surface area contributed by atoms with Crippen molar-refractivity contribution in [3.63, 3.8) is 0 Å². The van der Waals surface area contributed by atoms with E-state index in [-0.39, 0.29) is 17.9 Å². The van der Waals surface area contributed by atoms with Crippen LogP contribution in [0.4, 0.5) is 14.9 Å². The molecule has 0 aromatic heterocycles. The summed E-state index contributed by atoms with van der Waals surface area (Å²) in [4.78, 5) is 12.6. The Bertz CT molecular complexity index is 651. The summed E-state index contributed by atoms with van der Waals surface area (Å²) in [6, 6.07) is 4.90. The Morgan fingerprint density at radius 3 is 2.35 bits per heavy atom. The maximum atomic E-state index is 13.7. The molecule has 2 N–H and O–H groups in total. The zero-order valence-corrected chi connectivity index (χ0v) is 16.0. The molecular formula is C22H31FN2O. The highest BCUT2D eigenvalue weighted by Crippen LogP contribution is 2.61. The van der Waals surface area contributed by atoms with Crippen molar-refractivity contribution in [3.8, 4) is 0 Å². The van der Waals surface area contributed by atoms with E-state index in [1.165, 1.54) is 44.6 Å². The Morgan fingerprint density at radius 1 is 1.19 bits per heavy atom. The molecule has 4 aliphatic carbocycles. The van der Waals surface area contributed by atoms with E-state index in [0.717, 1.165) is 30.6 Å². The number of nitrogens with one attached hydrogen (secondary N) is 2.